The first-order valence-corrected chi connectivity index (χ1v) is 7.82. The number of methoxy groups -OCH3 is 1. The van der Waals surface area contributed by atoms with Gasteiger partial charge in [-0.3, -0.25) is 4.79 Å². The predicted octanol–water partition coefficient (Wildman–Crippen LogP) is 1.49. The predicted molar refractivity (Wildman–Crippen MR) is 83.7 cm³/mol. The SMILES string of the molecule is COC(=O)[C@@H]1C[C@@H]2CCC[C@@H]2N1.O=C(O)[C@@H](O)c1ccccc1. The molecule has 1 aliphatic carbocycles. The second kappa shape index (κ2) is 8.08. The van der Waals surface area contributed by atoms with E-state index in [0.717, 1.165) is 12.3 Å². The minimum atomic E-state index is -1.41. The number of fused-ring (bicyclic) bond motifs is 1. The smallest absolute Gasteiger partial charge is 0.337 e. The second-order valence-electron chi connectivity index (χ2n) is 5.93. The minimum absolute atomic E-state index is 0.0229. The van der Waals surface area contributed by atoms with Crippen molar-refractivity contribution in [1.29, 1.82) is 0 Å². The van der Waals surface area contributed by atoms with Crippen molar-refractivity contribution in [2.24, 2.45) is 5.92 Å². The van der Waals surface area contributed by atoms with Gasteiger partial charge in [-0.05, 0) is 30.7 Å². The van der Waals surface area contributed by atoms with Gasteiger partial charge in [0.15, 0.2) is 6.10 Å². The molecule has 23 heavy (non-hydrogen) atoms. The van der Waals surface area contributed by atoms with Gasteiger partial charge in [-0.1, -0.05) is 36.8 Å². The Hall–Kier alpha value is -1.92. The van der Waals surface area contributed by atoms with Crippen molar-refractivity contribution < 1.29 is 24.5 Å². The zero-order valence-electron chi connectivity index (χ0n) is 13.1. The summed E-state index contributed by atoms with van der Waals surface area (Å²) in [5.41, 5.74) is 0.403. The molecule has 2 fully saturated rings. The van der Waals surface area contributed by atoms with Crippen LogP contribution in [-0.2, 0) is 14.3 Å². The van der Waals surface area contributed by atoms with Gasteiger partial charge in [-0.15, -0.1) is 0 Å². The summed E-state index contributed by atoms with van der Waals surface area (Å²) in [6, 6.07) is 8.83. The molecule has 3 N–H and O–H groups in total. The number of carboxylic acids is 1. The molecule has 1 saturated carbocycles. The summed E-state index contributed by atoms with van der Waals surface area (Å²) >= 11 is 0. The Morgan fingerprint density at radius 2 is 1.96 bits per heavy atom. The number of hydrogen-bond donors (Lipinski definition) is 3. The number of nitrogens with one attached hydrogen (secondary N) is 1. The summed E-state index contributed by atoms with van der Waals surface area (Å²) in [6.45, 7) is 0. The molecule has 1 heterocycles. The lowest BCUT2D eigenvalue weighted by atomic mass is 10.0. The summed E-state index contributed by atoms with van der Waals surface area (Å²) < 4.78 is 4.70. The van der Waals surface area contributed by atoms with Gasteiger partial charge < -0.3 is 20.3 Å². The van der Waals surface area contributed by atoms with Crippen LogP contribution in [0.3, 0.4) is 0 Å². The zero-order valence-corrected chi connectivity index (χ0v) is 13.1. The number of ether oxygens (including phenoxy) is 1. The fourth-order valence-electron chi connectivity index (χ4n) is 3.25. The van der Waals surface area contributed by atoms with Crippen molar-refractivity contribution in [3.05, 3.63) is 35.9 Å². The molecular formula is C17H23NO5. The van der Waals surface area contributed by atoms with Crippen LogP contribution < -0.4 is 5.32 Å². The quantitative estimate of drug-likeness (QED) is 0.730. The maximum atomic E-state index is 11.2. The summed E-state index contributed by atoms with van der Waals surface area (Å²) in [4.78, 5) is 21.4. The lowest BCUT2D eigenvalue weighted by Crippen LogP contribution is -2.35. The van der Waals surface area contributed by atoms with Crippen LogP contribution in [0.1, 0.15) is 37.4 Å². The average molecular weight is 321 g/mol. The number of aliphatic hydroxyl groups is 1. The van der Waals surface area contributed by atoms with Gasteiger partial charge in [0, 0.05) is 6.04 Å². The molecule has 6 heteroatoms. The van der Waals surface area contributed by atoms with Crippen molar-refractivity contribution in [3.8, 4) is 0 Å². The van der Waals surface area contributed by atoms with E-state index in [1.54, 1.807) is 30.3 Å². The van der Waals surface area contributed by atoms with Crippen molar-refractivity contribution in [2.75, 3.05) is 7.11 Å². The number of carboxylic acid groups (broad SMARTS) is 1. The molecule has 1 aromatic rings. The standard InChI is InChI=1S/C9H15NO2.C8H8O3/c1-12-9(11)8-5-6-3-2-4-7(6)10-8;9-7(8(10)11)6-4-2-1-3-5-6/h6-8,10H,2-5H2,1H3;1-5,7,9H,(H,10,11)/t6-,7-,8-;7-/m00/s1. The van der Waals surface area contributed by atoms with Crippen molar-refractivity contribution in [3.63, 3.8) is 0 Å². The molecule has 0 radical (unpaired) electrons. The summed E-state index contributed by atoms with van der Waals surface area (Å²) in [7, 11) is 1.46. The number of rotatable bonds is 3. The van der Waals surface area contributed by atoms with Gasteiger partial charge in [0.25, 0.3) is 0 Å². The number of hydrogen-bond acceptors (Lipinski definition) is 5. The normalized spacial score (nSPS) is 26.6. The van der Waals surface area contributed by atoms with Crippen LogP contribution >= 0.6 is 0 Å². The largest absolute Gasteiger partial charge is 0.479 e. The molecule has 0 spiro atoms. The monoisotopic (exact) mass is 321 g/mol. The Bertz CT molecular complexity index is 521. The molecule has 3 rings (SSSR count). The molecule has 1 aliphatic heterocycles. The Kier molecular flexibility index (Phi) is 6.12. The van der Waals surface area contributed by atoms with Gasteiger partial charge in [-0.25, -0.2) is 4.79 Å². The first kappa shape index (κ1) is 17.4. The van der Waals surface area contributed by atoms with Gasteiger partial charge in [0.05, 0.1) is 7.11 Å². The highest BCUT2D eigenvalue weighted by molar-refractivity contribution is 5.76. The average Bonchev–Trinajstić information content (AvgIpc) is 3.16. The molecule has 1 aromatic carbocycles. The van der Waals surface area contributed by atoms with Gasteiger partial charge in [-0.2, -0.15) is 0 Å². The third kappa shape index (κ3) is 4.53. The third-order valence-corrected chi connectivity index (χ3v) is 4.45. The molecule has 1 saturated heterocycles. The van der Waals surface area contributed by atoms with Gasteiger partial charge >= 0.3 is 11.9 Å². The second-order valence-corrected chi connectivity index (χ2v) is 5.93. The maximum absolute atomic E-state index is 11.2. The van der Waals surface area contributed by atoms with Crippen LogP contribution in [0.15, 0.2) is 30.3 Å². The molecule has 0 amide bonds. The Balaban J connectivity index is 0.000000168. The van der Waals surface area contributed by atoms with Crippen LogP contribution in [0.2, 0.25) is 0 Å². The Labute approximate surface area is 135 Å². The molecule has 6 nitrogen and oxygen atoms in total. The number of aliphatic hydroxyl groups excluding tert-OH is 1. The maximum Gasteiger partial charge on any atom is 0.337 e. The minimum Gasteiger partial charge on any atom is -0.479 e. The molecule has 4 atom stereocenters. The zero-order chi connectivity index (χ0) is 16.8. The fourth-order valence-corrected chi connectivity index (χ4v) is 3.25. The molecule has 2 aliphatic rings. The fraction of sp³-hybridized carbons (Fsp3) is 0.529. The van der Waals surface area contributed by atoms with E-state index < -0.39 is 12.1 Å². The third-order valence-electron chi connectivity index (χ3n) is 4.45. The first-order chi connectivity index (χ1) is 11.0. The van der Waals surface area contributed by atoms with Crippen LogP contribution in [0.5, 0.6) is 0 Å². The summed E-state index contributed by atoms with van der Waals surface area (Å²) in [6.07, 6.45) is 3.41. The van der Waals surface area contributed by atoms with E-state index in [9.17, 15) is 9.59 Å². The van der Waals surface area contributed by atoms with Crippen LogP contribution in [0.25, 0.3) is 0 Å². The number of aliphatic carboxylic acids is 1. The topological polar surface area (TPSA) is 95.9 Å². The lowest BCUT2D eigenvalue weighted by molar-refractivity contribution is -0.147. The number of carbonyl (C=O) groups is 2. The van der Waals surface area contributed by atoms with E-state index in [1.165, 1.54) is 26.4 Å². The summed E-state index contributed by atoms with van der Waals surface area (Å²) in [5.74, 6) is -0.588. The van der Waals surface area contributed by atoms with Crippen LogP contribution in [-0.4, -0.2) is 41.3 Å². The Morgan fingerprint density at radius 3 is 2.52 bits per heavy atom. The van der Waals surface area contributed by atoms with Crippen molar-refractivity contribution in [1.82, 2.24) is 5.32 Å². The lowest BCUT2D eigenvalue weighted by Gasteiger charge is -2.09. The van der Waals surface area contributed by atoms with Crippen LogP contribution in [0.4, 0.5) is 0 Å². The highest BCUT2D eigenvalue weighted by atomic mass is 16.5. The highest BCUT2D eigenvalue weighted by Crippen LogP contribution is 2.34. The van der Waals surface area contributed by atoms with E-state index in [0.29, 0.717) is 11.6 Å². The molecule has 0 bridgehead atoms. The summed E-state index contributed by atoms with van der Waals surface area (Å²) in [5, 5.41) is 20.7. The van der Waals surface area contributed by atoms with E-state index >= 15 is 0 Å². The molecule has 126 valence electrons. The van der Waals surface area contributed by atoms with E-state index in [2.05, 4.69) is 5.32 Å². The molecule has 0 aromatic heterocycles. The Morgan fingerprint density at radius 1 is 1.26 bits per heavy atom. The van der Waals surface area contributed by atoms with Gasteiger partial charge in [0.2, 0.25) is 0 Å². The van der Waals surface area contributed by atoms with Crippen LogP contribution in [0, 0.1) is 5.92 Å². The molecular weight excluding hydrogens is 298 g/mol. The highest BCUT2D eigenvalue weighted by Gasteiger charge is 2.39. The van der Waals surface area contributed by atoms with Crippen molar-refractivity contribution in [2.45, 2.75) is 43.9 Å². The first-order valence-electron chi connectivity index (χ1n) is 7.82. The van der Waals surface area contributed by atoms with E-state index in [1.807, 2.05) is 0 Å². The van der Waals surface area contributed by atoms with E-state index in [-0.39, 0.29) is 12.0 Å². The number of benzene rings is 1. The molecule has 0 unspecified atom stereocenters. The number of carbonyl (C=O) groups excluding carboxylic acids is 1. The van der Waals surface area contributed by atoms with Crippen molar-refractivity contribution >= 4 is 11.9 Å². The van der Waals surface area contributed by atoms with Gasteiger partial charge in [0.1, 0.15) is 6.04 Å². The number of esters is 1. The van der Waals surface area contributed by atoms with E-state index in [4.69, 9.17) is 14.9 Å².